The fraction of sp³-hybridized carbons (Fsp3) is 0.409. The summed E-state index contributed by atoms with van der Waals surface area (Å²) in [4.78, 5) is 4.83. The van der Waals surface area contributed by atoms with Crippen molar-refractivity contribution in [2.75, 3.05) is 0 Å². The minimum atomic E-state index is 0.396. The Kier molecular flexibility index (Phi) is 5.12. The van der Waals surface area contributed by atoms with E-state index in [0.29, 0.717) is 18.6 Å². The lowest BCUT2D eigenvalue weighted by Crippen LogP contribution is -2.11. The first kappa shape index (κ1) is 17.5. The summed E-state index contributed by atoms with van der Waals surface area (Å²) >= 11 is 0. The number of aryl methyl sites for hydroxylation is 1. The van der Waals surface area contributed by atoms with Crippen molar-refractivity contribution < 1.29 is 4.74 Å². The van der Waals surface area contributed by atoms with E-state index in [2.05, 4.69) is 75.6 Å². The van der Waals surface area contributed by atoms with Crippen LogP contribution in [0.25, 0.3) is 11.0 Å². The van der Waals surface area contributed by atoms with E-state index in [4.69, 9.17) is 9.72 Å². The Morgan fingerprint density at radius 2 is 1.84 bits per heavy atom. The Labute approximate surface area is 150 Å². The molecule has 0 fully saturated rings. The summed E-state index contributed by atoms with van der Waals surface area (Å²) in [6.07, 6.45) is 1.06. The number of rotatable bonds is 6. The van der Waals surface area contributed by atoms with Gasteiger partial charge >= 0.3 is 0 Å². The smallest absolute Gasteiger partial charge is 0.148 e. The highest BCUT2D eigenvalue weighted by atomic mass is 16.5. The van der Waals surface area contributed by atoms with Crippen molar-refractivity contribution in [3.05, 3.63) is 59.4 Å². The fourth-order valence-corrected chi connectivity index (χ4v) is 3.26. The maximum Gasteiger partial charge on any atom is 0.148 e. The zero-order chi connectivity index (χ0) is 18.0. The third-order valence-electron chi connectivity index (χ3n) is 4.85. The van der Waals surface area contributed by atoms with Crippen molar-refractivity contribution in [2.45, 2.75) is 59.6 Å². The molecule has 0 saturated heterocycles. The zero-order valence-electron chi connectivity index (χ0n) is 15.9. The van der Waals surface area contributed by atoms with Crippen LogP contribution in [0.3, 0.4) is 0 Å². The van der Waals surface area contributed by atoms with E-state index < -0.39 is 0 Å². The lowest BCUT2D eigenvalue weighted by molar-refractivity contribution is 0.282. The largest absolute Gasteiger partial charge is 0.485 e. The van der Waals surface area contributed by atoms with Gasteiger partial charge in [-0.2, -0.15) is 0 Å². The number of hydrogen-bond acceptors (Lipinski definition) is 2. The molecule has 0 aliphatic rings. The molecule has 1 atom stereocenters. The highest BCUT2D eigenvalue weighted by molar-refractivity contribution is 5.76. The molecule has 0 aliphatic carbocycles. The molecule has 0 spiro atoms. The molecule has 1 unspecified atom stereocenters. The van der Waals surface area contributed by atoms with Crippen LogP contribution in [0.5, 0.6) is 5.75 Å². The summed E-state index contributed by atoms with van der Waals surface area (Å²) in [5.74, 6) is 2.40. The molecule has 0 saturated carbocycles. The number of nitrogens with zero attached hydrogens (tertiary/aromatic N) is 2. The Balaban J connectivity index is 1.95. The van der Waals surface area contributed by atoms with Gasteiger partial charge in [-0.05, 0) is 55.5 Å². The van der Waals surface area contributed by atoms with Crippen LogP contribution in [0.1, 0.15) is 63.0 Å². The highest BCUT2D eigenvalue weighted by Crippen LogP contribution is 2.29. The van der Waals surface area contributed by atoms with E-state index in [1.807, 2.05) is 6.07 Å². The van der Waals surface area contributed by atoms with Crippen molar-refractivity contribution >= 4 is 11.0 Å². The van der Waals surface area contributed by atoms with Gasteiger partial charge in [0.25, 0.3) is 0 Å². The van der Waals surface area contributed by atoms with Crippen LogP contribution in [-0.4, -0.2) is 9.55 Å². The second-order valence-corrected chi connectivity index (χ2v) is 7.13. The van der Waals surface area contributed by atoms with Gasteiger partial charge in [-0.15, -0.1) is 0 Å². The van der Waals surface area contributed by atoms with Crippen molar-refractivity contribution in [1.82, 2.24) is 9.55 Å². The summed E-state index contributed by atoms with van der Waals surface area (Å²) in [6, 6.07) is 15.2. The standard InChI is InChI=1S/C22H28N2O/c1-6-17(5)24-20-10-8-7-9-19(20)23-22(24)14-25-21-13-16(4)11-12-18(21)15(2)3/h7-13,15,17H,6,14H2,1-5H3. The third kappa shape index (κ3) is 3.55. The van der Waals surface area contributed by atoms with Gasteiger partial charge in [0.2, 0.25) is 0 Å². The summed E-state index contributed by atoms with van der Waals surface area (Å²) < 4.78 is 8.57. The van der Waals surface area contributed by atoms with Gasteiger partial charge in [-0.3, -0.25) is 0 Å². The van der Waals surface area contributed by atoms with Crippen LogP contribution in [0.2, 0.25) is 0 Å². The Morgan fingerprint density at radius 1 is 1.08 bits per heavy atom. The molecule has 0 aliphatic heterocycles. The van der Waals surface area contributed by atoms with Gasteiger partial charge in [-0.25, -0.2) is 4.98 Å². The van der Waals surface area contributed by atoms with Gasteiger partial charge in [0, 0.05) is 6.04 Å². The molecule has 3 rings (SSSR count). The first-order valence-electron chi connectivity index (χ1n) is 9.20. The molecule has 132 valence electrons. The number of imidazole rings is 1. The third-order valence-corrected chi connectivity index (χ3v) is 4.85. The van der Waals surface area contributed by atoms with E-state index in [1.165, 1.54) is 16.6 Å². The molecule has 0 amide bonds. The molecule has 25 heavy (non-hydrogen) atoms. The summed E-state index contributed by atoms with van der Waals surface area (Å²) in [7, 11) is 0. The molecule has 0 radical (unpaired) electrons. The number of hydrogen-bond donors (Lipinski definition) is 0. The van der Waals surface area contributed by atoms with Gasteiger partial charge in [-0.1, -0.05) is 45.0 Å². The molecule has 2 aromatic carbocycles. The van der Waals surface area contributed by atoms with Crippen molar-refractivity contribution in [2.24, 2.45) is 0 Å². The number of fused-ring (bicyclic) bond motifs is 1. The molecule has 3 aromatic rings. The molecular formula is C22H28N2O. The first-order valence-corrected chi connectivity index (χ1v) is 9.20. The van der Waals surface area contributed by atoms with Crippen LogP contribution < -0.4 is 4.74 Å². The normalized spacial score (nSPS) is 12.7. The Morgan fingerprint density at radius 3 is 2.56 bits per heavy atom. The number of benzene rings is 2. The molecule has 0 bridgehead atoms. The second kappa shape index (κ2) is 7.30. The molecular weight excluding hydrogens is 308 g/mol. The van der Waals surface area contributed by atoms with E-state index in [9.17, 15) is 0 Å². The summed E-state index contributed by atoms with van der Waals surface area (Å²) in [6.45, 7) is 11.4. The van der Waals surface area contributed by atoms with E-state index in [0.717, 1.165) is 23.5 Å². The molecule has 1 heterocycles. The predicted octanol–water partition coefficient (Wildman–Crippen LogP) is 6.02. The molecule has 3 heteroatoms. The topological polar surface area (TPSA) is 27.1 Å². The molecule has 3 nitrogen and oxygen atoms in total. The maximum absolute atomic E-state index is 6.25. The second-order valence-electron chi connectivity index (χ2n) is 7.13. The molecule has 0 N–H and O–H groups in total. The zero-order valence-corrected chi connectivity index (χ0v) is 15.9. The SMILES string of the molecule is CCC(C)n1c(COc2cc(C)ccc2C(C)C)nc2ccccc21. The van der Waals surface area contributed by atoms with Gasteiger partial charge in [0.15, 0.2) is 0 Å². The van der Waals surface area contributed by atoms with Crippen LogP contribution >= 0.6 is 0 Å². The Hall–Kier alpha value is -2.29. The molecule has 1 aromatic heterocycles. The fourth-order valence-electron chi connectivity index (χ4n) is 3.26. The minimum absolute atomic E-state index is 0.396. The van der Waals surface area contributed by atoms with E-state index in [1.54, 1.807) is 0 Å². The predicted molar refractivity (Wildman–Crippen MR) is 104 cm³/mol. The summed E-state index contributed by atoms with van der Waals surface area (Å²) in [5, 5.41) is 0. The van der Waals surface area contributed by atoms with Crippen LogP contribution in [-0.2, 0) is 6.61 Å². The maximum atomic E-state index is 6.25. The monoisotopic (exact) mass is 336 g/mol. The van der Waals surface area contributed by atoms with Crippen LogP contribution in [0.15, 0.2) is 42.5 Å². The minimum Gasteiger partial charge on any atom is -0.485 e. The quantitative estimate of drug-likeness (QED) is 0.550. The van der Waals surface area contributed by atoms with Crippen molar-refractivity contribution in [1.29, 1.82) is 0 Å². The van der Waals surface area contributed by atoms with Gasteiger partial charge in [0.05, 0.1) is 11.0 Å². The average molecular weight is 336 g/mol. The lowest BCUT2D eigenvalue weighted by atomic mass is 10.0. The van der Waals surface area contributed by atoms with Gasteiger partial charge in [0.1, 0.15) is 18.2 Å². The highest BCUT2D eigenvalue weighted by Gasteiger charge is 2.16. The number of para-hydroxylation sites is 2. The van der Waals surface area contributed by atoms with Crippen LogP contribution in [0, 0.1) is 6.92 Å². The first-order chi connectivity index (χ1) is 12.0. The van der Waals surface area contributed by atoms with E-state index in [-0.39, 0.29) is 0 Å². The number of aromatic nitrogens is 2. The van der Waals surface area contributed by atoms with Crippen molar-refractivity contribution in [3.8, 4) is 5.75 Å². The average Bonchev–Trinajstić information content (AvgIpc) is 2.97. The van der Waals surface area contributed by atoms with Gasteiger partial charge < -0.3 is 9.30 Å². The van der Waals surface area contributed by atoms with E-state index >= 15 is 0 Å². The van der Waals surface area contributed by atoms with Crippen LogP contribution in [0.4, 0.5) is 0 Å². The Bertz CT molecular complexity index is 864. The lowest BCUT2D eigenvalue weighted by Gasteiger charge is -2.18. The number of ether oxygens (including phenoxy) is 1. The summed E-state index contributed by atoms with van der Waals surface area (Å²) in [5.41, 5.74) is 4.69. The van der Waals surface area contributed by atoms with Crippen molar-refractivity contribution in [3.63, 3.8) is 0 Å².